The number of carbonyl (C=O) groups is 1. The van der Waals surface area contributed by atoms with Crippen molar-refractivity contribution < 1.29 is 4.79 Å². The summed E-state index contributed by atoms with van der Waals surface area (Å²) in [7, 11) is 0. The van der Waals surface area contributed by atoms with Gasteiger partial charge in [-0.15, -0.1) is 0 Å². The second-order valence-corrected chi connectivity index (χ2v) is 6.44. The number of hydrogen-bond acceptors (Lipinski definition) is 1. The van der Waals surface area contributed by atoms with E-state index in [0.29, 0.717) is 5.57 Å². The molecule has 1 atom stereocenters. The molecular formula is C24H23NO. The van der Waals surface area contributed by atoms with Crippen molar-refractivity contribution in [2.45, 2.75) is 19.9 Å². The Labute approximate surface area is 155 Å². The molecule has 3 rings (SSSR count). The van der Waals surface area contributed by atoms with Gasteiger partial charge in [-0.1, -0.05) is 90.5 Å². The van der Waals surface area contributed by atoms with Crippen LogP contribution in [0.2, 0.25) is 0 Å². The Hall–Kier alpha value is -3.13. The molecule has 0 fully saturated rings. The minimum Gasteiger partial charge on any atom is -0.345 e. The summed E-state index contributed by atoms with van der Waals surface area (Å²) in [5.41, 5.74) is 4.88. The van der Waals surface area contributed by atoms with Crippen molar-refractivity contribution in [1.29, 1.82) is 0 Å². The molecule has 2 heteroatoms. The predicted octanol–water partition coefficient (Wildman–Crippen LogP) is 5.41. The Morgan fingerprint density at radius 3 is 2.04 bits per heavy atom. The number of carbonyl (C=O) groups excluding carboxylic acids is 1. The number of aryl methyl sites for hydroxylation is 1. The van der Waals surface area contributed by atoms with Crippen LogP contribution in [0, 0.1) is 6.92 Å². The van der Waals surface area contributed by atoms with E-state index in [4.69, 9.17) is 0 Å². The molecule has 0 aliphatic heterocycles. The van der Waals surface area contributed by atoms with Gasteiger partial charge in [0, 0.05) is 5.57 Å². The van der Waals surface area contributed by atoms with Gasteiger partial charge in [0.2, 0.25) is 0 Å². The van der Waals surface area contributed by atoms with Gasteiger partial charge in [-0.05, 0) is 36.6 Å². The van der Waals surface area contributed by atoms with E-state index in [-0.39, 0.29) is 11.9 Å². The number of amides is 1. The number of nitrogens with one attached hydrogen (secondary N) is 1. The molecule has 2 nitrogen and oxygen atoms in total. The molecule has 0 spiro atoms. The van der Waals surface area contributed by atoms with Crippen LogP contribution in [0.25, 0.3) is 11.6 Å². The molecule has 1 unspecified atom stereocenters. The lowest BCUT2D eigenvalue weighted by molar-refractivity contribution is -0.116. The molecule has 0 aliphatic rings. The van der Waals surface area contributed by atoms with Crippen LogP contribution in [0.4, 0.5) is 0 Å². The van der Waals surface area contributed by atoms with E-state index in [1.54, 1.807) is 0 Å². The van der Waals surface area contributed by atoms with Crippen LogP contribution in [0.5, 0.6) is 0 Å². The average molecular weight is 341 g/mol. The third kappa shape index (κ3) is 4.48. The third-order valence-corrected chi connectivity index (χ3v) is 4.36. The molecule has 1 amide bonds. The van der Waals surface area contributed by atoms with E-state index in [2.05, 4.69) is 36.5 Å². The Bertz CT molecular complexity index is 881. The highest BCUT2D eigenvalue weighted by molar-refractivity contribution is 6.24. The molecule has 0 saturated heterocycles. The Morgan fingerprint density at radius 2 is 1.42 bits per heavy atom. The minimum absolute atomic E-state index is 0.0639. The van der Waals surface area contributed by atoms with Gasteiger partial charge in [-0.2, -0.15) is 0 Å². The predicted molar refractivity (Wildman–Crippen MR) is 108 cm³/mol. The van der Waals surface area contributed by atoms with Crippen molar-refractivity contribution in [1.82, 2.24) is 5.32 Å². The van der Waals surface area contributed by atoms with Gasteiger partial charge in [0.1, 0.15) is 0 Å². The molecule has 0 radical (unpaired) electrons. The van der Waals surface area contributed by atoms with Crippen molar-refractivity contribution >= 4 is 17.6 Å². The van der Waals surface area contributed by atoms with Gasteiger partial charge in [0.05, 0.1) is 6.04 Å². The van der Waals surface area contributed by atoms with Crippen molar-refractivity contribution in [3.05, 3.63) is 107 Å². The SMILES string of the molecule is Cc1ccc(C(C)NC(=O)/C(=C/c2ccccc2)c2ccccc2)cc1. The Kier molecular flexibility index (Phi) is 5.65. The van der Waals surface area contributed by atoms with E-state index in [0.717, 1.165) is 16.7 Å². The second-order valence-electron chi connectivity index (χ2n) is 6.44. The third-order valence-electron chi connectivity index (χ3n) is 4.36. The maximum absolute atomic E-state index is 13.0. The average Bonchev–Trinajstić information content (AvgIpc) is 2.68. The van der Waals surface area contributed by atoms with Crippen molar-refractivity contribution in [3.63, 3.8) is 0 Å². The minimum atomic E-state index is -0.0758. The van der Waals surface area contributed by atoms with E-state index in [1.165, 1.54) is 5.56 Å². The molecule has 3 aromatic rings. The highest BCUT2D eigenvalue weighted by atomic mass is 16.1. The molecule has 130 valence electrons. The molecule has 3 aromatic carbocycles. The summed E-state index contributed by atoms with van der Waals surface area (Å²) >= 11 is 0. The zero-order valence-corrected chi connectivity index (χ0v) is 15.1. The molecule has 0 saturated carbocycles. The van der Waals surface area contributed by atoms with Crippen LogP contribution < -0.4 is 5.32 Å². The smallest absolute Gasteiger partial charge is 0.252 e. The topological polar surface area (TPSA) is 29.1 Å². The van der Waals surface area contributed by atoms with Gasteiger partial charge >= 0.3 is 0 Å². The van der Waals surface area contributed by atoms with Crippen LogP contribution in [0.1, 0.15) is 35.2 Å². The highest BCUT2D eigenvalue weighted by Gasteiger charge is 2.15. The molecule has 0 aliphatic carbocycles. The summed E-state index contributed by atoms with van der Waals surface area (Å²) in [4.78, 5) is 13.0. The van der Waals surface area contributed by atoms with E-state index in [1.807, 2.05) is 73.7 Å². The zero-order valence-electron chi connectivity index (χ0n) is 15.1. The fourth-order valence-electron chi connectivity index (χ4n) is 2.83. The lowest BCUT2D eigenvalue weighted by Gasteiger charge is -2.16. The van der Waals surface area contributed by atoms with Crippen LogP contribution in [-0.2, 0) is 4.79 Å². The van der Waals surface area contributed by atoms with Gasteiger partial charge in [-0.25, -0.2) is 0 Å². The standard InChI is InChI=1S/C24H23NO/c1-18-13-15-21(16-14-18)19(2)25-24(26)23(22-11-7-4-8-12-22)17-20-9-5-3-6-10-20/h3-17,19H,1-2H3,(H,25,26)/b23-17+. The summed E-state index contributed by atoms with van der Waals surface area (Å²) in [6, 6.07) is 27.9. The molecule has 0 aromatic heterocycles. The van der Waals surface area contributed by atoms with E-state index < -0.39 is 0 Å². The van der Waals surface area contributed by atoms with Gasteiger partial charge in [-0.3, -0.25) is 4.79 Å². The lowest BCUT2D eigenvalue weighted by atomic mass is 10.0. The maximum atomic E-state index is 13.0. The second kappa shape index (κ2) is 8.30. The summed E-state index contributed by atoms with van der Waals surface area (Å²) < 4.78 is 0. The van der Waals surface area contributed by atoms with Crippen molar-refractivity contribution in [2.75, 3.05) is 0 Å². The normalized spacial score (nSPS) is 12.5. The largest absolute Gasteiger partial charge is 0.345 e. The lowest BCUT2D eigenvalue weighted by Crippen LogP contribution is -2.27. The number of hydrogen-bond donors (Lipinski definition) is 1. The Morgan fingerprint density at radius 1 is 0.846 bits per heavy atom. The van der Waals surface area contributed by atoms with Crippen LogP contribution in [0.15, 0.2) is 84.9 Å². The van der Waals surface area contributed by atoms with Crippen molar-refractivity contribution in [2.24, 2.45) is 0 Å². The Balaban J connectivity index is 1.88. The molecular weight excluding hydrogens is 318 g/mol. The summed E-state index contributed by atoms with van der Waals surface area (Å²) in [5.74, 6) is -0.0758. The fourth-order valence-corrected chi connectivity index (χ4v) is 2.83. The van der Waals surface area contributed by atoms with E-state index >= 15 is 0 Å². The molecule has 26 heavy (non-hydrogen) atoms. The summed E-state index contributed by atoms with van der Waals surface area (Å²) in [5, 5.41) is 3.13. The van der Waals surface area contributed by atoms with Gasteiger partial charge < -0.3 is 5.32 Å². The molecule has 0 heterocycles. The molecule has 0 bridgehead atoms. The first-order valence-corrected chi connectivity index (χ1v) is 8.83. The highest BCUT2D eigenvalue weighted by Crippen LogP contribution is 2.21. The quantitative estimate of drug-likeness (QED) is 0.488. The van der Waals surface area contributed by atoms with Crippen LogP contribution in [-0.4, -0.2) is 5.91 Å². The fraction of sp³-hybridized carbons (Fsp3) is 0.125. The number of rotatable bonds is 5. The molecule has 1 N–H and O–H groups in total. The van der Waals surface area contributed by atoms with Gasteiger partial charge in [0.15, 0.2) is 0 Å². The summed E-state index contributed by atoms with van der Waals surface area (Å²) in [6.45, 7) is 4.07. The van der Waals surface area contributed by atoms with Gasteiger partial charge in [0.25, 0.3) is 5.91 Å². The van der Waals surface area contributed by atoms with Crippen molar-refractivity contribution in [3.8, 4) is 0 Å². The van der Waals surface area contributed by atoms with Crippen LogP contribution in [0.3, 0.4) is 0 Å². The zero-order chi connectivity index (χ0) is 18.4. The first kappa shape index (κ1) is 17.7. The van der Waals surface area contributed by atoms with E-state index in [9.17, 15) is 4.79 Å². The first-order valence-electron chi connectivity index (χ1n) is 8.83. The summed E-state index contributed by atoms with van der Waals surface area (Å²) in [6.07, 6.45) is 1.94. The maximum Gasteiger partial charge on any atom is 0.252 e. The first-order chi connectivity index (χ1) is 12.6. The monoisotopic (exact) mass is 341 g/mol. The van der Waals surface area contributed by atoms with Crippen LogP contribution >= 0.6 is 0 Å². The number of benzene rings is 3.